The summed E-state index contributed by atoms with van der Waals surface area (Å²) in [4.78, 5) is 14.1. The summed E-state index contributed by atoms with van der Waals surface area (Å²) in [6.07, 6.45) is 0.780. The minimum Gasteiger partial charge on any atom is -0.496 e. The van der Waals surface area contributed by atoms with Crippen molar-refractivity contribution in [2.45, 2.75) is 33.2 Å². The molecule has 1 rings (SSSR count). The van der Waals surface area contributed by atoms with Gasteiger partial charge in [-0.05, 0) is 37.0 Å². The molecule has 0 unspecified atom stereocenters. The molecule has 0 saturated heterocycles. The van der Waals surface area contributed by atoms with E-state index in [2.05, 4.69) is 13.8 Å². The smallest absolute Gasteiger partial charge is 0.254 e. The molecular formula is C16H25NO3. The van der Waals surface area contributed by atoms with Gasteiger partial charge in [0, 0.05) is 12.6 Å². The van der Waals surface area contributed by atoms with Crippen molar-refractivity contribution in [3.05, 3.63) is 29.3 Å². The van der Waals surface area contributed by atoms with E-state index in [-0.39, 0.29) is 18.6 Å². The molecule has 0 aromatic heterocycles. The first kappa shape index (κ1) is 16.5. The summed E-state index contributed by atoms with van der Waals surface area (Å²) in [5.74, 6) is 1.03. The predicted molar refractivity (Wildman–Crippen MR) is 80.2 cm³/mol. The van der Waals surface area contributed by atoms with E-state index >= 15 is 0 Å². The number of methoxy groups -OCH3 is 1. The maximum absolute atomic E-state index is 12.5. The van der Waals surface area contributed by atoms with Crippen LogP contribution in [0.2, 0.25) is 0 Å². The van der Waals surface area contributed by atoms with Gasteiger partial charge in [-0.1, -0.05) is 19.9 Å². The Morgan fingerprint density at radius 1 is 1.40 bits per heavy atom. The van der Waals surface area contributed by atoms with Crippen molar-refractivity contribution in [2.75, 3.05) is 20.8 Å². The van der Waals surface area contributed by atoms with Crippen LogP contribution in [-0.4, -0.2) is 42.7 Å². The zero-order valence-electron chi connectivity index (χ0n) is 13.0. The van der Waals surface area contributed by atoms with Crippen molar-refractivity contribution in [1.29, 1.82) is 0 Å². The van der Waals surface area contributed by atoms with E-state index in [1.165, 1.54) is 0 Å². The van der Waals surface area contributed by atoms with Gasteiger partial charge in [0.2, 0.25) is 0 Å². The van der Waals surface area contributed by atoms with Gasteiger partial charge in [-0.3, -0.25) is 4.79 Å². The van der Waals surface area contributed by atoms with Crippen LogP contribution >= 0.6 is 0 Å². The zero-order chi connectivity index (χ0) is 15.3. The van der Waals surface area contributed by atoms with Crippen molar-refractivity contribution in [3.8, 4) is 5.75 Å². The van der Waals surface area contributed by atoms with Gasteiger partial charge in [0.25, 0.3) is 5.91 Å². The first-order valence-electron chi connectivity index (χ1n) is 6.93. The average Bonchev–Trinajstić information content (AvgIpc) is 2.43. The van der Waals surface area contributed by atoms with Crippen LogP contribution in [0.25, 0.3) is 0 Å². The van der Waals surface area contributed by atoms with Crippen LogP contribution in [0.5, 0.6) is 5.75 Å². The standard InChI is InChI=1S/C16H25NO3/c1-11(2)8-14(10-18)17(4)16(19)13-7-6-12(3)15(9-13)20-5/h6-7,9,11,14,18H,8,10H2,1-5H3/t14-/m1/s1. The highest BCUT2D eigenvalue weighted by molar-refractivity contribution is 5.94. The average molecular weight is 279 g/mol. The Morgan fingerprint density at radius 3 is 2.55 bits per heavy atom. The van der Waals surface area contributed by atoms with Gasteiger partial charge in [-0.15, -0.1) is 0 Å². The van der Waals surface area contributed by atoms with Crippen LogP contribution < -0.4 is 4.74 Å². The van der Waals surface area contributed by atoms with Crippen LogP contribution in [0.3, 0.4) is 0 Å². The number of aliphatic hydroxyl groups excluding tert-OH is 1. The number of hydrogen-bond donors (Lipinski definition) is 1. The summed E-state index contributed by atoms with van der Waals surface area (Å²) in [5.41, 5.74) is 1.57. The van der Waals surface area contributed by atoms with Gasteiger partial charge in [-0.25, -0.2) is 0 Å². The highest BCUT2D eigenvalue weighted by Crippen LogP contribution is 2.21. The highest BCUT2D eigenvalue weighted by Gasteiger charge is 2.22. The largest absolute Gasteiger partial charge is 0.496 e. The van der Waals surface area contributed by atoms with Crippen molar-refractivity contribution in [2.24, 2.45) is 5.92 Å². The lowest BCUT2D eigenvalue weighted by Gasteiger charge is -2.28. The lowest BCUT2D eigenvalue weighted by atomic mass is 10.0. The monoisotopic (exact) mass is 279 g/mol. The summed E-state index contributed by atoms with van der Waals surface area (Å²) in [6.45, 7) is 6.07. The van der Waals surface area contributed by atoms with Crippen LogP contribution in [-0.2, 0) is 0 Å². The Bertz CT molecular complexity index is 457. The Balaban J connectivity index is 2.92. The molecule has 0 heterocycles. The minimum absolute atomic E-state index is 0.0244. The van der Waals surface area contributed by atoms with Gasteiger partial charge in [0.05, 0.1) is 19.8 Å². The number of nitrogens with zero attached hydrogens (tertiary/aromatic N) is 1. The first-order valence-corrected chi connectivity index (χ1v) is 6.93. The van der Waals surface area contributed by atoms with E-state index < -0.39 is 0 Å². The number of aryl methyl sites for hydroxylation is 1. The van der Waals surface area contributed by atoms with E-state index in [1.54, 1.807) is 31.2 Å². The molecule has 1 aromatic rings. The Morgan fingerprint density at radius 2 is 2.05 bits per heavy atom. The normalized spacial score (nSPS) is 12.3. The van der Waals surface area contributed by atoms with Crippen molar-refractivity contribution < 1.29 is 14.6 Å². The molecule has 4 heteroatoms. The molecule has 1 aromatic carbocycles. The maximum Gasteiger partial charge on any atom is 0.254 e. The number of benzene rings is 1. The lowest BCUT2D eigenvalue weighted by Crippen LogP contribution is -2.40. The second-order valence-electron chi connectivity index (χ2n) is 5.57. The number of ether oxygens (including phenoxy) is 1. The van der Waals surface area contributed by atoms with Gasteiger partial charge >= 0.3 is 0 Å². The zero-order valence-corrected chi connectivity index (χ0v) is 13.0. The number of carbonyl (C=O) groups excluding carboxylic acids is 1. The van der Waals surface area contributed by atoms with Crippen LogP contribution in [0.15, 0.2) is 18.2 Å². The second-order valence-corrected chi connectivity index (χ2v) is 5.57. The number of amides is 1. The van der Waals surface area contributed by atoms with E-state index in [9.17, 15) is 9.90 Å². The fourth-order valence-electron chi connectivity index (χ4n) is 2.22. The number of carbonyl (C=O) groups is 1. The predicted octanol–water partition coefficient (Wildman–Crippen LogP) is 2.48. The SMILES string of the molecule is COc1cc(C(=O)N(C)[C@@H](CO)CC(C)C)ccc1C. The third-order valence-corrected chi connectivity index (χ3v) is 3.48. The van der Waals surface area contributed by atoms with Crippen LogP contribution in [0.4, 0.5) is 0 Å². The Hall–Kier alpha value is -1.55. The summed E-state index contributed by atoms with van der Waals surface area (Å²) in [7, 11) is 3.33. The van der Waals surface area contributed by atoms with Crippen molar-refractivity contribution in [3.63, 3.8) is 0 Å². The third kappa shape index (κ3) is 3.97. The Kier molecular flexibility index (Phi) is 6.02. The highest BCUT2D eigenvalue weighted by atomic mass is 16.5. The molecule has 0 aliphatic rings. The van der Waals surface area contributed by atoms with E-state index in [1.807, 2.05) is 13.0 Å². The van der Waals surface area contributed by atoms with Gasteiger partial charge in [0.1, 0.15) is 5.75 Å². The number of rotatable bonds is 6. The quantitative estimate of drug-likeness (QED) is 0.870. The molecule has 4 nitrogen and oxygen atoms in total. The topological polar surface area (TPSA) is 49.8 Å². The first-order chi connectivity index (χ1) is 9.40. The van der Waals surface area contributed by atoms with E-state index in [0.717, 1.165) is 12.0 Å². The van der Waals surface area contributed by atoms with Crippen molar-refractivity contribution >= 4 is 5.91 Å². The van der Waals surface area contributed by atoms with Crippen LogP contribution in [0.1, 0.15) is 36.2 Å². The maximum atomic E-state index is 12.5. The molecule has 112 valence electrons. The second kappa shape index (κ2) is 7.29. The van der Waals surface area contributed by atoms with Gasteiger partial charge < -0.3 is 14.7 Å². The van der Waals surface area contributed by atoms with Crippen molar-refractivity contribution in [1.82, 2.24) is 4.90 Å². The fraction of sp³-hybridized carbons (Fsp3) is 0.562. The van der Waals surface area contributed by atoms with Gasteiger partial charge in [-0.2, -0.15) is 0 Å². The van der Waals surface area contributed by atoms with E-state index in [0.29, 0.717) is 17.2 Å². The molecule has 0 saturated carbocycles. The molecule has 0 spiro atoms. The molecule has 0 fully saturated rings. The molecule has 0 aliphatic carbocycles. The molecule has 0 radical (unpaired) electrons. The minimum atomic E-state index is -0.158. The molecule has 0 bridgehead atoms. The number of hydrogen-bond acceptors (Lipinski definition) is 3. The van der Waals surface area contributed by atoms with E-state index in [4.69, 9.17) is 4.74 Å². The molecule has 1 amide bonds. The summed E-state index contributed by atoms with van der Waals surface area (Å²) in [5, 5.41) is 9.47. The summed E-state index contributed by atoms with van der Waals surface area (Å²) < 4.78 is 5.25. The molecule has 20 heavy (non-hydrogen) atoms. The molecule has 1 N–H and O–H groups in total. The fourth-order valence-corrected chi connectivity index (χ4v) is 2.22. The number of likely N-dealkylation sites (N-methyl/N-ethyl adjacent to an activating group) is 1. The lowest BCUT2D eigenvalue weighted by molar-refractivity contribution is 0.0630. The Labute approximate surface area is 121 Å². The third-order valence-electron chi connectivity index (χ3n) is 3.48. The summed E-state index contributed by atoms with van der Waals surface area (Å²) in [6, 6.07) is 5.25. The van der Waals surface area contributed by atoms with Gasteiger partial charge in [0.15, 0.2) is 0 Å². The summed E-state index contributed by atoms with van der Waals surface area (Å²) >= 11 is 0. The molecule has 1 atom stereocenters. The number of aliphatic hydroxyl groups is 1. The van der Waals surface area contributed by atoms with Crippen LogP contribution in [0, 0.1) is 12.8 Å². The molecular weight excluding hydrogens is 254 g/mol. The molecule has 0 aliphatic heterocycles.